The zero-order chi connectivity index (χ0) is 25.2. The topological polar surface area (TPSA) is 0 Å². The molecule has 0 radical (unpaired) electrons. The van der Waals surface area contributed by atoms with Crippen LogP contribution in [0, 0.1) is 38.3 Å². The monoisotopic (exact) mass is 634 g/mol. The molecule has 1 atom stereocenters. The molecule has 0 aliphatic heterocycles. The van der Waals surface area contributed by atoms with E-state index in [-0.39, 0.29) is 50.5 Å². The first-order valence-electron chi connectivity index (χ1n) is 12.0. The fraction of sp³-hybridized carbons (Fsp3) is 0.455. The molecule has 0 bridgehead atoms. The van der Waals surface area contributed by atoms with Gasteiger partial charge in [-0.2, -0.15) is 41.0 Å². The van der Waals surface area contributed by atoms with Crippen molar-refractivity contribution in [2.45, 2.75) is 86.5 Å². The number of hydrogen-bond donors (Lipinski definition) is 0. The number of allylic oxidation sites excluding steroid dienone is 4. The van der Waals surface area contributed by atoms with E-state index in [1.54, 1.807) is 23.3 Å². The van der Waals surface area contributed by atoms with Crippen LogP contribution in [0.2, 0.25) is 0 Å². The molecule has 2 aliphatic carbocycles. The molecular formula is C33H50Cl2SiZr-4. The molecule has 0 amide bonds. The van der Waals surface area contributed by atoms with E-state index in [2.05, 4.69) is 124 Å². The number of hydrogen-bond acceptors (Lipinski definition) is 0. The molecule has 37 heavy (non-hydrogen) atoms. The molecular weight excluding hydrogens is 587 g/mol. The van der Waals surface area contributed by atoms with E-state index in [1.807, 2.05) is 6.88 Å². The normalized spacial score (nSPS) is 14.8. The maximum atomic E-state index is 3.53. The van der Waals surface area contributed by atoms with Gasteiger partial charge in [-0.25, -0.2) is 6.08 Å². The summed E-state index contributed by atoms with van der Waals surface area (Å²) in [6, 6.07) is 15.1. The average Bonchev–Trinajstić information content (AvgIpc) is 3.31. The van der Waals surface area contributed by atoms with Crippen molar-refractivity contribution in [1.29, 1.82) is 0 Å². The van der Waals surface area contributed by atoms with Gasteiger partial charge in [0.1, 0.15) is 0 Å². The second kappa shape index (κ2) is 16.0. The van der Waals surface area contributed by atoms with Crippen LogP contribution in [0.25, 0.3) is 11.1 Å². The summed E-state index contributed by atoms with van der Waals surface area (Å²) in [4.78, 5) is 0. The van der Waals surface area contributed by atoms with Crippen molar-refractivity contribution in [2.24, 2.45) is 11.3 Å². The third kappa shape index (κ3) is 10.9. The van der Waals surface area contributed by atoms with Gasteiger partial charge in [-0.1, -0.05) is 115 Å². The molecule has 208 valence electrons. The molecule has 2 aromatic carbocycles. The summed E-state index contributed by atoms with van der Waals surface area (Å²) in [5, 5.41) is 0. The Balaban J connectivity index is -0.000000624. The van der Waals surface area contributed by atoms with Crippen molar-refractivity contribution in [3.05, 3.63) is 97.3 Å². The van der Waals surface area contributed by atoms with Crippen LogP contribution in [0.5, 0.6) is 0 Å². The molecule has 0 aromatic heterocycles. The first-order valence-corrected chi connectivity index (χ1v) is 17.9. The molecule has 0 heterocycles. The Bertz CT molecular complexity index is 986. The fourth-order valence-electron chi connectivity index (χ4n) is 4.04. The number of rotatable bonds is 0. The van der Waals surface area contributed by atoms with E-state index in [4.69, 9.17) is 0 Å². The minimum absolute atomic E-state index is 0. The second-order valence-electron chi connectivity index (χ2n) is 12.3. The van der Waals surface area contributed by atoms with Crippen molar-refractivity contribution >= 4 is 31.7 Å². The number of fused-ring (bicyclic) bond motifs is 3. The molecule has 0 nitrogen and oxygen atoms in total. The van der Waals surface area contributed by atoms with Gasteiger partial charge in [-0.05, 0) is 17.4 Å². The third-order valence-electron chi connectivity index (χ3n) is 6.32. The quantitative estimate of drug-likeness (QED) is 0.170. The molecule has 2 aliphatic rings. The van der Waals surface area contributed by atoms with Crippen LogP contribution in [0.1, 0.15) is 91.5 Å². The molecule has 4 heteroatoms. The van der Waals surface area contributed by atoms with Crippen LogP contribution in [0.3, 0.4) is 0 Å². The molecule has 0 N–H and O–H groups in total. The molecule has 4 rings (SSSR count). The predicted octanol–water partition coefficient (Wildman–Crippen LogP) is 9.45. The summed E-state index contributed by atoms with van der Waals surface area (Å²) in [5.41, 5.74) is 10.5. The summed E-state index contributed by atoms with van der Waals surface area (Å²) in [6.07, 6.45) is 8.68. The molecule has 1 unspecified atom stereocenters. The SMILES string of the molecule is CC(C)(C)c1c[c-]c2c(c1)-c1cc(C(C)(C)C)ccc1C2.CC1[C-]=CC(C(C)(C)C)=C1.Cl.Cl.[CH3-].[CH3-].[SiH2]=[Zr]. The first-order chi connectivity index (χ1) is 15.2. The summed E-state index contributed by atoms with van der Waals surface area (Å²) < 4.78 is 0. The fourth-order valence-corrected chi connectivity index (χ4v) is 4.04. The molecule has 0 saturated carbocycles. The molecule has 2 aromatic rings. The summed E-state index contributed by atoms with van der Waals surface area (Å²) in [5.74, 6) is 0.522. The zero-order valence-electron chi connectivity index (χ0n) is 25.3. The van der Waals surface area contributed by atoms with Crippen LogP contribution in [-0.4, -0.2) is 6.88 Å². The van der Waals surface area contributed by atoms with Crippen molar-refractivity contribution in [3.8, 4) is 11.1 Å². The van der Waals surface area contributed by atoms with Gasteiger partial charge < -0.3 is 14.9 Å². The van der Waals surface area contributed by atoms with Gasteiger partial charge in [0.05, 0.1) is 0 Å². The molecule has 0 fully saturated rings. The maximum absolute atomic E-state index is 3.53. The van der Waals surface area contributed by atoms with Gasteiger partial charge in [0.15, 0.2) is 0 Å². The Kier molecular flexibility index (Phi) is 17.8. The Morgan fingerprint density at radius 3 is 1.70 bits per heavy atom. The van der Waals surface area contributed by atoms with Crippen LogP contribution >= 0.6 is 24.8 Å². The third-order valence-corrected chi connectivity index (χ3v) is 6.32. The summed E-state index contributed by atoms with van der Waals surface area (Å²) in [6.45, 7) is 24.5. The molecule has 0 saturated heterocycles. The Morgan fingerprint density at radius 2 is 1.30 bits per heavy atom. The van der Waals surface area contributed by atoms with Crippen LogP contribution in [-0.2, 0) is 40.6 Å². The standard InChI is InChI=1S/C21H25.C10H15.2CH3.2ClH.H2Si.Zr/c1-20(2,3)16-9-7-14-11-15-8-10-17(21(4,5)6)13-19(15)18(14)12-16;1-8-5-6-9(7-8)10(2,3)4;;;;;;/h7,9-10,12-13H,11H2,1-6H3;6-8H,1-4H3;2*1H3;2*1H;1H2;/q4*-1;;;;. The second-order valence-corrected chi connectivity index (χ2v) is 12.3. The van der Waals surface area contributed by atoms with Gasteiger partial charge >= 0.3 is 30.2 Å². The van der Waals surface area contributed by atoms with Gasteiger partial charge in [-0.3, -0.25) is 6.08 Å². The average molecular weight is 637 g/mol. The van der Waals surface area contributed by atoms with Gasteiger partial charge in [0.2, 0.25) is 0 Å². The van der Waals surface area contributed by atoms with Crippen molar-refractivity contribution in [2.75, 3.05) is 0 Å². The van der Waals surface area contributed by atoms with E-state index in [9.17, 15) is 0 Å². The van der Waals surface area contributed by atoms with E-state index in [1.165, 1.54) is 39.0 Å². The summed E-state index contributed by atoms with van der Waals surface area (Å²) >= 11 is 1.58. The van der Waals surface area contributed by atoms with E-state index in [0.717, 1.165) is 6.42 Å². The van der Waals surface area contributed by atoms with Gasteiger partial charge in [-0.15, -0.1) is 30.4 Å². The molecule has 0 spiro atoms. The van der Waals surface area contributed by atoms with Gasteiger partial charge in [0, 0.05) is 0 Å². The number of halogens is 2. The summed E-state index contributed by atoms with van der Waals surface area (Å²) in [7, 11) is 0. The van der Waals surface area contributed by atoms with Crippen molar-refractivity contribution < 1.29 is 23.3 Å². The van der Waals surface area contributed by atoms with Crippen LogP contribution in [0.15, 0.2) is 48.1 Å². The Morgan fingerprint density at radius 1 is 0.784 bits per heavy atom. The minimum atomic E-state index is 0. The van der Waals surface area contributed by atoms with E-state index < -0.39 is 0 Å². The Hall–Kier alpha value is -0.400. The van der Waals surface area contributed by atoms with E-state index >= 15 is 0 Å². The van der Waals surface area contributed by atoms with Crippen molar-refractivity contribution in [3.63, 3.8) is 0 Å². The number of benzene rings is 2. The van der Waals surface area contributed by atoms with Crippen LogP contribution < -0.4 is 0 Å². The first kappa shape index (κ1) is 41.1. The van der Waals surface area contributed by atoms with Crippen molar-refractivity contribution in [1.82, 2.24) is 0 Å². The van der Waals surface area contributed by atoms with Crippen LogP contribution in [0.4, 0.5) is 0 Å². The predicted molar refractivity (Wildman–Crippen MR) is 171 cm³/mol. The zero-order valence-corrected chi connectivity index (χ0v) is 30.9. The van der Waals surface area contributed by atoms with Gasteiger partial charge in [0.25, 0.3) is 0 Å². The Labute approximate surface area is 259 Å². The van der Waals surface area contributed by atoms with E-state index in [0.29, 0.717) is 11.3 Å².